The zero-order valence-corrected chi connectivity index (χ0v) is 18.9. The van der Waals surface area contributed by atoms with Crippen molar-refractivity contribution in [3.05, 3.63) is 76.9 Å². The molecule has 0 saturated carbocycles. The number of carbonyl (C=O) groups excluding carboxylic acids is 1. The number of aromatic nitrogens is 4. The summed E-state index contributed by atoms with van der Waals surface area (Å²) in [6.45, 7) is 7.34. The van der Waals surface area contributed by atoms with Crippen molar-refractivity contribution in [2.24, 2.45) is 0 Å². The van der Waals surface area contributed by atoms with E-state index in [0.717, 1.165) is 44.9 Å². The first-order valence-electron chi connectivity index (χ1n) is 11.0. The van der Waals surface area contributed by atoms with Gasteiger partial charge in [0.2, 0.25) is 0 Å². The molecule has 0 radical (unpaired) electrons. The molecule has 0 bridgehead atoms. The molecule has 33 heavy (non-hydrogen) atoms. The minimum Gasteiger partial charge on any atom is -0.368 e. The van der Waals surface area contributed by atoms with Crippen LogP contribution in [0, 0.1) is 20.8 Å². The van der Waals surface area contributed by atoms with Crippen LogP contribution in [0.25, 0.3) is 10.9 Å². The molecule has 1 aromatic carbocycles. The van der Waals surface area contributed by atoms with E-state index in [1.807, 2.05) is 63.2 Å². The van der Waals surface area contributed by atoms with Crippen LogP contribution in [0.3, 0.4) is 0 Å². The topological polar surface area (TPSA) is 96.0 Å². The maximum Gasteiger partial charge on any atom is 0.275 e. The summed E-state index contributed by atoms with van der Waals surface area (Å²) in [4.78, 5) is 24.2. The maximum atomic E-state index is 13.3. The zero-order valence-electron chi connectivity index (χ0n) is 18.9. The first kappa shape index (κ1) is 21.1. The van der Waals surface area contributed by atoms with E-state index in [1.54, 1.807) is 11.1 Å². The van der Waals surface area contributed by atoms with Crippen molar-refractivity contribution in [1.29, 1.82) is 0 Å². The number of aromatic amines is 1. The molecular weight excluding hydrogens is 416 g/mol. The summed E-state index contributed by atoms with van der Waals surface area (Å²) in [6, 6.07) is 13.8. The molecule has 4 heterocycles. The van der Waals surface area contributed by atoms with E-state index in [-0.39, 0.29) is 12.0 Å². The van der Waals surface area contributed by atoms with Crippen molar-refractivity contribution < 1.29 is 9.53 Å². The van der Waals surface area contributed by atoms with Gasteiger partial charge < -0.3 is 15.0 Å². The number of anilines is 2. The van der Waals surface area contributed by atoms with Crippen LogP contribution in [-0.2, 0) is 4.74 Å². The Kier molecular flexibility index (Phi) is 5.51. The number of rotatable bonds is 4. The molecule has 2 N–H and O–H groups in total. The van der Waals surface area contributed by atoms with Crippen LogP contribution in [0.1, 0.15) is 39.1 Å². The molecule has 3 aromatic heterocycles. The lowest BCUT2D eigenvalue weighted by Crippen LogP contribution is -2.42. The van der Waals surface area contributed by atoms with Crippen LogP contribution in [0.5, 0.6) is 0 Å². The molecule has 1 amide bonds. The van der Waals surface area contributed by atoms with Crippen molar-refractivity contribution in [2.45, 2.75) is 26.9 Å². The Labute approximate surface area is 192 Å². The lowest BCUT2D eigenvalue weighted by molar-refractivity contribution is -0.0248. The van der Waals surface area contributed by atoms with Gasteiger partial charge in [0, 0.05) is 29.5 Å². The van der Waals surface area contributed by atoms with Crippen molar-refractivity contribution >= 4 is 28.3 Å². The molecule has 1 aliphatic heterocycles. The molecule has 1 fully saturated rings. The Bertz CT molecular complexity index is 1330. The predicted molar refractivity (Wildman–Crippen MR) is 127 cm³/mol. The first-order valence-corrected chi connectivity index (χ1v) is 11.0. The average molecular weight is 443 g/mol. The monoisotopic (exact) mass is 442 g/mol. The van der Waals surface area contributed by atoms with E-state index in [4.69, 9.17) is 9.72 Å². The number of H-pyrrole nitrogens is 1. The molecule has 1 atom stereocenters. The maximum absolute atomic E-state index is 13.3. The molecule has 4 aromatic rings. The molecule has 1 saturated heterocycles. The predicted octanol–water partition coefficient (Wildman–Crippen LogP) is 4.24. The van der Waals surface area contributed by atoms with Gasteiger partial charge in [-0.3, -0.25) is 14.9 Å². The molecule has 1 unspecified atom stereocenters. The number of pyridine rings is 2. The Morgan fingerprint density at radius 3 is 2.91 bits per heavy atom. The van der Waals surface area contributed by atoms with Crippen LogP contribution in [0.4, 0.5) is 11.5 Å². The SMILES string of the molecule is Cc1ccc2[nH]nc(C(=O)N3CCOC(c4cc(Nc5ncccc5C)cc(C)n4)C3)c2c1. The summed E-state index contributed by atoms with van der Waals surface area (Å²) < 4.78 is 6.02. The smallest absolute Gasteiger partial charge is 0.275 e. The number of fused-ring (bicyclic) bond motifs is 1. The fraction of sp³-hybridized carbons (Fsp3) is 0.280. The molecular formula is C25H26N6O2. The highest BCUT2D eigenvalue weighted by Crippen LogP contribution is 2.27. The third-order valence-corrected chi connectivity index (χ3v) is 5.85. The summed E-state index contributed by atoms with van der Waals surface area (Å²) >= 11 is 0. The van der Waals surface area contributed by atoms with Crippen molar-refractivity contribution in [3.63, 3.8) is 0 Å². The van der Waals surface area contributed by atoms with E-state index in [1.165, 1.54) is 0 Å². The van der Waals surface area contributed by atoms with Gasteiger partial charge in [0.15, 0.2) is 5.69 Å². The van der Waals surface area contributed by atoms with Crippen LogP contribution in [0.2, 0.25) is 0 Å². The van der Waals surface area contributed by atoms with Gasteiger partial charge in [0.1, 0.15) is 11.9 Å². The number of hydrogen-bond donors (Lipinski definition) is 2. The fourth-order valence-electron chi connectivity index (χ4n) is 4.14. The summed E-state index contributed by atoms with van der Waals surface area (Å²) in [6.07, 6.45) is 1.44. The Balaban J connectivity index is 1.38. The average Bonchev–Trinajstić information content (AvgIpc) is 3.23. The number of ether oxygens (including phenoxy) is 1. The van der Waals surface area contributed by atoms with E-state index in [2.05, 4.69) is 20.5 Å². The van der Waals surface area contributed by atoms with Gasteiger partial charge in [-0.05, 0) is 56.7 Å². The van der Waals surface area contributed by atoms with E-state index in [0.29, 0.717) is 25.4 Å². The summed E-state index contributed by atoms with van der Waals surface area (Å²) in [7, 11) is 0. The highest BCUT2D eigenvalue weighted by molar-refractivity contribution is 6.04. The number of hydrogen-bond acceptors (Lipinski definition) is 6. The van der Waals surface area contributed by atoms with Gasteiger partial charge in [-0.2, -0.15) is 5.10 Å². The number of nitrogens with zero attached hydrogens (tertiary/aromatic N) is 4. The van der Waals surface area contributed by atoms with E-state index in [9.17, 15) is 4.79 Å². The zero-order chi connectivity index (χ0) is 22.9. The first-order chi connectivity index (χ1) is 16.0. The minimum atomic E-state index is -0.320. The normalized spacial score (nSPS) is 16.2. The number of carbonyl (C=O) groups is 1. The number of aryl methyl sites for hydroxylation is 3. The molecule has 1 aliphatic rings. The molecule has 0 aliphatic carbocycles. The van der Waals surface area contributed by atoms with Gasteiger partial charge in [-0.15, -0.1) is 0 Å². The second kappa shape index (κ2) is 8.63. The lowest BCUT2D eigenvalue weighted by Gasteiger charge is -2.32. The molecule has 0 spiro atoms. The third-order valence-electron chi connectivity index (χ3n) is 5.85. The molecule has 8 heteroatoms. The Morgan fingerprint density at radius 1 is 1.18 bits per heavy atom. The minimum absolute atomic E-state index is 0.102. The van der Waals surface area contributed by atoms with Gasteiger partial charge in [0.25, 0.3) is 5.91 Å². The quantitative estimate of drug-likeness (QED) is 0.491. The van der Waals surface area contributed by atoms with Crippen LogP contribution < -0.4 is 5.32 Å². The van der Waals surface area contributed by atoms with Crippen molar-refractivity contribution in [2.75, 3.05) is 25.0 Å². The number of nitrogens with one attached hydrogen (secondary N) is 2. The number of morpholine rings is 1. The van der Waals surface area contributed by atoms with Crippen molar-refractivity contribution in [1.82, 2.24) is 25.1 Å². The van der Waals surface area contributed by atoms with Gasteiger partial charge in [0.05, 0.1) is 24.4 Å². The van der Waals surface area contributed by atoms with Crippen molar-refractivity contribution in [3.8, 4) is 0 Å². The lowest BCUT2D eigenvalue weighted by atomic mass is 10.1. The second-order valence-electron chi connectivity index (χ2n) is 8.45. The van der Waals surface area contributed by atoms with Crippen LogP contribution in [-0.4, -0.2) is 50.7 Å². The standard InChI is InChI=1S/C25H26N6O2/c1-15-6-7-20-19(11-15)23(30-29-20)25(32)31-9-10-33-22(14-31)21-13-18(12-17(3)27-21)28-24-16(2)5-4-8-26-24/h4-8,11-13,22H,9-10,14H2,1-3H3,(H,29,30)(H,26,27,28). The molecule has 168 valence electrons. The molecule has 5 rings (SSSR count). The van der Waals surface area contributed by atoms with Gasteiger partial charge in [-0.1, -0.05) is 17.7 Å². The summed E-state index contributed by atoms with van der Waals surface area (Å²) in [5.74, 6) is 0.700. The fourth-order valence-corrected chi connectivity index (χ4v) is 4.14. The Morgan fingerprint density at radius 2 is 2.06 bits per heavy atom. The van der Waals surface area contributed by atoms with E-state index >= 15 is 0 Å². The summed E-state index contributed by atoms with van der Waals surface area (Å²) in [5, 5.41) is 11.5. The highest BCUT2D eigenvalue weighted by Gasteiger charge is 2.29. The third kappa shape index (κ3) is 4.29. The number of benzene rings is 1. The summed E-state index contributed by atoms with van der Waals surface area (Å²) in [5.41, 5.74) is 5.98. The van der Waals surface area contributed by atoms with Gasteiger partial charge in [-0.25, -0.2) is 4.98 Å². The van der Waals surface area contributed by atoms with Crippen LogP contribution in [0.15, 0.2) is 48.7 Å². The van der Waals surface area contributed by atoms with E-state index < -0.39 is 0 Å². The molecule has 8 nitrogen and oxygen atoms in total. The number of amides is 1. The second-order valence-corrected chi connectivity index (χ2v) is 8.45. The van der Waals surface area contributed by atoms with Gasteiger partial charge >= 0.3 is 0 Å². The van der Waals surface area contributed by atoms with Crippen LogP contribution >= 0.6 is 0 Å². The highest BCUT2D eigenvalue weighted by atomic mass is 16.5. The Hall–Kier alpha value is -3.78. The largest absolute Gasteiger partial charge is 0.368 e.